The molecule has 0 radical (unpaired) electrons. The fourth-order valence-corrected chi connectivity index (χ4v) is 3.75. The third-order valence-corrected chi connectivity index (χ3v) is 5.18. The number of nitrogens with one attached hydrogen (secondary N) is 2. The summed E-state index contributed by atoms with van der Waals surface area (Å²) in [5.74, 6) is 0. The van der Waals surface area contributed by atoms with Crippen LogP contribution in [-0.4, -0.2) is 46.0 Å². The second kappa shape index (κ2) is 6.89. The van der Waals surface area contributed by atoms with Crippen LogP contribution in [0, 0.1) is 0 Å². The normalized spacial score (nSPS) is 26.7. The molecule has 2 fully saturated rings. The number of piperidine rings is 1. The first kappa shape index (κ1) is 15.2. The predicted octanol–water partition coefficient (Wildman–Crippen LogP) is 0.259. The van der Waals surface area contributed by atoms with E-state index in [2.05, 4.69) is 10.0 Å². The molecular formula is C10H21ClN2O3S. The quantitative estimate of drug-likeness (QED) is 0.777. The minimum absolute atomic E-state index is 0. The lowest BCUT2D eigenvalue weighted by Crippen LogP contribution is -2.43. The molecule has 0 bridgehead atoms. The van der Waals surface area contributed by atoms with Crippen LogP contribution in [0.25, 0.3) is 0 Å². The van der Waals surface area contributed by atoms with Crippen LogP contribution < -0.4 is 10.0 Å². The molecule has 0 saturated carbocycles. The number of hydrogen-bond acceptors (Lipinski definition) is 4. The largest absolute Gasteiger partial charge is 0.377 e. The van der Waals surface area contributed by atoms with E-state index in [4.69, 9.17) is 4.74 Å². The lowest BCUT2D eigenvalue weighted by atomic mass is 10.2. The first-order valence-corrected chi connectivity index (χ1v) is 7.54. The first-order valence-electron chi connectivity index (χ1n) is 5.99. The van der Waals surface area contributed by atoms with Crippen LogP contribution in [0.4, 0.5) is 0 Å². The van der Waals surface area contributed by atoms with E-state index in [-0.39, 0.29) is 23.8 Å². The minimum Gasteiger partial charge on any atom is -0.377 e. The highest BCUT2D eigenvalue weighted by Crippen LogP contribution is 2.14. The summed E-state index contributed by atoms with van der Waals surface area (Å²) >= 11 is 0. The summed E-state index contributed by atoms with van der Waals surface area (Å²) in [5.41, 5.74) is 0. The molecule has 0 unspecified atom stereocenters. The molecule has 0 aromatic rings. The molecule has 2 N–H and O–H groups in total. The molecule has 0 aromatic heterocycles. The number of hydrogen-bond donors (Lipinski definition) is 2. The van der Waals surface area contributed by atoms with E-state index in [0.29, 0.717) is 19.4 Å². The van der Waals surface area contributed by atoms with Gasteiger partial charge in [0.05, 0.1) is 11.4 Å². The maximum absolute atomic E-state index is 11.9. The Labute approximate surface area is 109 Å². The van der Waals surface area contributed by atoms with Crippen molar-refractivity contribution in [2.45, 2.75) is 37.0 Å². The molecule has 2 aliphatic rings. The highest BCUT2D eigenvalue weighted by molar-refractivity contribution is 7.90. The summed E-state index contributed by atoms with van der Waals surface area (Å²) in [7, 11) is -3.14. The summed E-state index contributed by atoms with van der Waals surface area (Å²) in [6.07, 6.45) is 3.51. The summed E-state index contributed by atoms with van der Waals surface area (Å²) in [6.45, 7) is 2.79. The van der Waals surface area contributed by atoms with Crippen LogP contribution in [0.15, 0.2) is 0 Å². The maximum atomic E-state index is 11.9. The number of rotatable bonds is 4. The lowest BCUT2D eigenvalue weighted by Gasteiger charge is -2.23. The average Bonchev–Trinajstić information content (AvgIpc) is 2.81. The third-order valence-electron chi connectivity index (χ3n) is 3.26. The van der Waals surface area contributed by atoms with Gasteiger partial charge in [0, 0.05) is 13.2 Å². The van der Waals surface area contributed by atoms with E-state index >= 15 is 0 Å². The second-order valence-corrected chi connectivity index (χ2v) is 6.52. The van der Waals surface area contributed by atoms with Gasteiger partial charge in [-0.2, -0.15) is 0 Å². The lowest BCUT2D eigenvalue weighted by molar-refractivity contribution is 0.114. The van der Waals surface area contributed by atoms with Crippen molar-refractivity contribution >= 4 is 22.4 Å². The summed E-state index contributed by atoms with van der Waals surface area (Å²) in [5, 5.41) is 2.94. The monoisotopic (exact) mass is 284 g/mol. The Balaban J connectivity index is 0.00000144. The van der Waals surface area contributed by atoms with Gasteiger partial charge < -0.3 is 10.1 Å². The average molecular weight is 285 g/mol. The Bertz CT molecular complexity index is 312. The standard InChI is InChI=1S/C10H20N2O3S.ClH/c13-16(14,10-3-5-11-6-4-10)12-8-9-2-1-7-15-9;/h9-12H,1-8H2;1H/t9-;/m1./s1. The van der Waals surface area contributed by atoms with Gasteiger partial charge in [-0.15, -0.1) is 12.4 Å². The Kier molecular flexibility index (Phi) is 6.16. The molecule has 2 heterocycles. The van der Waals surface area contributed by atoms with Crippen molar-refractivity contribution in [1.82, 2.24) is 10.0 Å². The molecule has 0 aliphatic carbocycles. The van der Waals surface area contributed by atoms with Crippen LogP contribution >= 0.6 is 12.4 Å². The van der Waals surface area contributed by atoms with E-state index in [0.717, 1.165) is 32.5 Å². The van der Waals surface area contributed by atoms with Crippen LogP contribution in [0.1, 0.15) is 25.7 Å². The van der Waals surface area contributed by atoms with Crippen LogP contribution in [-0.2, 0) is 14.8 Å². The molecule has 102 valence electrons. The highest BCUT2D eigenvalue weighted by atomic mass is 35.5. The van der Waals surface area contributed by atoms with Gasteiger partial charge in [0.2, 0.25) is 10.0 Å². The van der Waals surface area contributed by atoms with Gasteiger partial charge in [0.15, 0.2) is 0 Å². The molecule has 0 amide bonds. The SMILES string of the molecule is Cl.O=S(=O)(NC[C@H]1CCCO1)C1CCNCC1. The molecule has 7 heteroatoms. The predicted molar refractivity (Wildman–Crippen MR) is 69.0 cm³/mol. The van der Waals surface area contributed by atoms with Crippen molar-refractivity contribution < 1.29 is 13.2 Å². The molecule has 5 nitrogen and oxygen atoms in total. The third kappa shape index (κ3) is 4.37. The smallest absolute Gasteiger partial charge is 0.214 e. The van der Waals surface area contributed by atoms with Gasteiger partial charge in [-0.3, -0.25) is 0 Å². The fourth-order valence-electron chi connectivity index (χ4n) is 2.24. The van der Waals surface area contributed by atoms with Crippen molar-refractivity contribution in [1.29, 1.82) is 0 Å². The topological polar surface area (TPSA) is 67.4 Å². The van der Waals surface area contributed by atoms with Gasteiger partial charge in [-0.1, -0.05) is 0 Å². The van der Waals surface area contributed by atoms with Crippen molar-refractivity contribution in [2.24, 2.45) is 0 Å². The summed E-state index contributed by atoms with van der Waals surface area (Å²) in [4.78, 5) is 0. The number of halogens is 1. The van der Waals surface area contributed by atoms with E-state index in [1.807, 2.05) is 0 Å². The Morgan fingerprint density at radius 1 is 1.24 bits per heavy atom. The maximum Gasteiger partial charge on any atom is 0.214 e. The van der Waals surface area contributed by atoms with Crippen molar-refractivity contribution in [2.75, 3.05) is 26.2 Å². The van der Waals surface area contributed by atoms with Crippen molar-refractivity contribution in [3.8, 4) is 0 Å². The Morgan fingerprint density at radius 3 is 2.53 bits per heavy atom. The number of sulfonamides is 1. The van der Waals surface area contributed by atoms with Crippen LogP contribution in [0.2, 0.25) is 0 Å². The zero-order valence-electron chi connectivity index (χ0n) is 9.85. The minimum atomic E-state index is -3.14. The van der Waals surface area contributed by atoms with Gasteiger partial charge >= 0.3 is 0 Å². The Hall–Kier alpha value is 0.120. The van der Waals surface area contributed by atoms with Gasteiger partial charge in [-0.05, 0) is 38.8 Å². The first-order chi connectivity index (χ1) is 7.68. The zero-order chi connectivity index (χ0) is 11.4. The van der Waals surface area contributed by atoms with Gasteiger partial charge in [0.25, 0.3) is 0 Å². The van der Waals surface area contributed by atoms with Crippen LogP contribution in [0.5, 0.6) is 0 Å². The fraction of sp³-hybridized carbons (Fsp3) is 1.00. The second-order valence-electron chi connectivity index (χ2n) is 4.48. The van der Waals surface area contributed by atoms with E-state index < -0.39 is 10.0 Å². The van der Waals surface area contributed by atoms with Crippen molar-refractivity contribution in [3.05, 3.63) is 0 Å². The molecule has 0 spiro atoms. The zero-order valence-corrected chi connectivity index (χ0v) is 11.5. The molecular weight excluding hydrogens is 264 g/mol. The molecule has 17 heavy (non-hydrogen) atoms. The van der Waals surface area contributed by atoms with E-state index in [9.17, 15) is 8.42 Å². The molecule has 1 atom stereocenters. The van der Waals surface area contributed by atoms with Gasteiger partial charge in [0.1, 0.15) is 0 Å². The summed E-state index contributed by atoms with van der Waals surface area (Å²) in [6, 6.07) is 0. The summed E-state index contributed by atoms with van der Waals surface area (Å²) < 4.78 is 32.0. The van der Waals surface area contributed by atoms with Crippen LogP contribution in [0.3, 0.4) is 0 Å². The van der Waals surface area contributed by atoms with E-state index in [1.165, 1.54) is 0 Å². The molecule has 0 aromatic carbocycles. The Morgan fingerprint density at radius 2 is 1.94 bits per heavy atom. The van der Waals surface area contributed by atoms with E-state index in [1.54, 1.807) is 0 Å². The highest BCUT2D eigenvalue weighted by Gasteiger charge is 2.28. The molecule has 2 rings (SSSR count). The molecule has 2 saturated heterocycles. The van der Waals surface area contributed by atoms with Crippen molar-refractivity contribution in [3.63, 3.8) is 0 Å². The molecule has 2 aliphatic heterocycles. The van der Waals surface area contributed by atoms with Gasteiger partial charge in [-0.25, -0.2) is 13.1 Å². The number of ether oxygens (including phenoxy) is 1.